The first-order valence-corrected chi connectivity index (χ1v) is 7.16. The molecule has 0 aromatic rings. The van der Waals surface area contributed by atoms with Crippen molar-refractivity contribution in [1.82, 2.24) is 10.2 Å². The number of nitrogens with zero attached hydrogens (tertiary/aromatic N) is 2. The summed E-state index contributed by atoms with van der Waals surface area (Å²) in [6.45, 7) is 3.83. The zero-order valence-electron chi connectivity index (χ0n) is 11.8. The minimum Gasteiger partial charge on any atom is -0.376 e. The number of likely N-dealkylation sites (N-methyl/N-ethyl adjacent to an activating group) is 1. The predicted molar refractivity (Wildman–Crippen MR) is 77.3 cm³/mol. The largest absolute Gasteiger partial charge is 0.376 e. The Bertz CT molecular complexity index is 454. The van der Waals surface area contributed by atoms with E-state index in [9.17, 15) is 5.11 Å². The topological polar surface area (TPSA) is 47.9 Å². The average molecular weight is 261 g/mol. The number of likely N-dealkylation sites (tertiary alicyclic amines) is 1. The lowest BCUT2D eigenvalue weighted by molar-refractivity contribution is 0.00215. The van der Waals surface area contributed by atoms with E-state index in [0.29, 0.717) is 0 Å². The molecular weight excluding hydrogens is 238 g/mol. The Balaban J connectivity index is 1.76. The van der Waals surface area contributed by atoms with Gasteiger partial charge in [0.05, 0.1) is 17.8 Å². The molecular formula is C15H23N3O. The monoisotopic (exact) mass is 261 g/mol. The second-order valence-corrected chi connectivity index (χ2v) is 6.05. The van der Waals surface area contributed by atoms with Crippen LogP contribution >= 0.6 is 0 Å². The molecule has 19 heavy (non-hydrogen) atoms. The van der Waals surface area contributed by atoms with Crippen molar-refractivity contribution in [3.05, 3.63) is 23.8 Å². The number of hydrogen-bond acceptors (Lipinski definition) is 4. The summed E-state index contributed by atoms with van der Waals surface area (Å²) in [4.78, 5) is 6.68. The highest BCUT2D eigenvalue weighted by Gasteiger charge is 2.50. The molecule has 3 heterocycles. The Morgan fingerprint density at radius 2 is 2.32 bits per heavy atom. The van der Waals surface area contributed by atoms with Gasteiger partial charge in [-0.15, -0.1) is 0 Å². The van der Waals surface area contributed by atoms with Crippen LogP contribution in [0.25, 0.3) is 0 Å². The van der Waals surface area contributed by atoms with E-state index in [4.69, 9.17) is 0 Å². The first-order valence-electron chi connectivity index (χ1n) is 7.16. The lowest BCUT2D eigenvalue weighted by Crippen LogP contribution is -2.53. The maximum absolute atomic E-state index is 10.4. The molecule has 0 bridgehead atoms. The maximum atomic E-state index is 10.4. The Morgan fingerprint density at radius 1 is 1.47 bits per heavy atom. The SMILES string of the molecule is CC1=CC(C2CCC3(CCN(C)C3O)N2)=NCC=C1. The fraction of sp³-hybridized carbons (Fsp3) is 0.667. The summed E-state index contributed by atoms with van der Waals surface area (Å²) in [5, 5.41) is 14.0. The van der Waals surface area contributed by atoms with Gasteiger partial charge in [-0.05, 0) is 44.9 Å². The molecule has 3 atom stereocenters. The van der Waals surface area contributed by atoms with E-state index >= 15 is 0 Å². The van der Waals surface area contributed by atoms with Gasteiger partial charge >= 0.3 is 0 Å². The van der Waals surface area contributed by atoms with Gasteiger partial charge in [-0.25, -0.2) is 0 Å². The standard InChI is InChI=1S/C15H23N3O/c1-11-4-3-8-16-13(10-11)12-5-6-15(17-12)7-9-18(2)14(15)19/h3-4,10,12,14,17,19H,5-9H2,1-2H3. The van der Waals surface area contributed by atoms with E-state index in [1.807, 2.05) is 11.9 Å². The van der Waals surface area contributed by atoms with E-state index in [1.165, 1.54) is 5.57 Å². The van der Waals surface area contributed by atoms with Crippen LogP contribution in [0.1, 0.15) is 26.2 Å². The van der Waals surface area contributed by atoms with E-state index in [1.54, 1.807) is 0 Å². The van der Waals surface area contributed by atoms with Gasteiger partial charge in [-0.2, -0.15) is 0 Å². The van der Waals surface area contributed by atoms with Crippen LogP contribution in [0, 0.1) is 0 Å². The highest BCUT2D eigenvalue weighted by Crippen LogP contribution is 2.36. The average Bonchev–Trinajstić information content (AvgIpc) is 2.86. The van der Waals surface area contributed by atoms with Crippen molar-refractivity contribution in [3.8, 4) is 0 Å². The molecule has 3 unspecified atom stereocenters. The summed E-state index contributed by atoms with van der Waals surface area (Å²) in [7, 11) is 1.99. The molecule has 104 valence electrons. The van der Waals surface area contributed by atoms with Gasteiger partial charge in [0.25, 0.3) is 0 Å². The number of nitrogens with one attached hydrogen (secondary N) is 1. The maximum Gasteiger partial charge on any atom is 0.125 e. The zero-order chi connectivity index (χ0) is 13.5. The van der Waals surface area contributed by atoms with Crippen LogP contribution in [0.5, 0.6) is 0 Å². The molecule has 0 amide bonds. The number of aliphatic hydroxyl groups excluding tert-OH is 1. The molecule has 1 spiro atoms. The molecule has 3 aliphatic rings. The zero-order valence-corrected chi connectivity index (χ0v) is 11.8. The first-order chi connectivity index (χ1) is 9.11. The van der Waals surface area contributed by atoms with Crippen LogP contribution in [0.3, 0.4) is 0 Å². The molecule has 2 fully saturated rings. The summed E-state index contributed by atoms with van der Waals surface area (Å²) < 4.78 is 0. The molecule has 3 aliphatic heterocycles. The summed E-state index contributed by atoms with van der Waals surface area (Å²) in [5.74, 6) is 0. The van der Waals surface area contributed by atoms with Crippen LogP contribution in [0.15, 0.2) is 28.8 Å². The third-order valence-electron chi connectivity index (χ3n) is 4.66. The second kappa shape index (κ2) is 4.85. The van der Waals surface area contributed by atoms with E-state index in [2.05, 4.69) is 35.5 Å². The minimum atomic E-state index is -0.368. The van der Waals surface area contributed by atoms with Crippen LogP contribution in [-0.4, -0.2) is 53.7 Å². The van der Waals surface area contributed by atoms with Crippen molar-refractivity contribution in [1.29, 1.82) is 0 Å². The Hall–Kier alpha value is -0.970. The summed E-state index contributed by atoms with van der Waals surface area (Å²) in [6.07, 6.45) is 9.14. The van der Waals surface area contributed by atoms with Crippen LogP contribution in [-0.2, 0) is 0 Å². The van der Waals surface area contributed by atoms with E-state index < -0.39 is 0 Å². The smallest absolute Gasteiger partial charge is 0.125 e. The van der Waals surface area contributed by atoms with E-state index in [-0.39, 0.29) is 17.8 Å². The van der Waals surface area contributed by atoms with Crippen LogP contribution in [0.2, 0.25) is 0 Å². The number of aliphatic hydroxyl groups is 1. The quantitative estimate of drug-likeness (QED) is 0.743. The van der Waals surface area contributed by atoms with Crippen molar-refractivity contribution in [2.24, 2.45) is 4.99 Å². The van der Waals surface area contributed by atoms with Gasteiger partial charge in [0.15, 0.2) is 0 Å². The lowest BCUT2D eigenvalue weighted by atomic mass is 9.95. The molecule has 4 nitrogen and oxygen atoms in total. The molecule has 3 rings (SSSR count). The molecule has 4 heteroatoms. The lowest BCUT2D eigenvalue weighted by Gasteiger charge is -2.30. The van der Waals surface area contributed by atoms with Gasteiger partial charge in [0, 0.05) is 12.6 Å². The minimum absolute atomic E-state index is 0.122. The Labute approximate surface area is 114 Å². The highest BCUT2D eigenvalue weighted by molar-refractivity contribution is 6.00. The van der Waals surface area contributed by atoms with Crippen molar-refractivity contribution in [2.45, 2.75) is 44.0 Å². The normalized spacial score (nSPS) is 39.5. The van der Waals surface area contributed by atoms with Gasteiger partial charge in [0.1, 0.15) is 6.23 Å². The fourth-order valence-corrected chi connectivity index (χ4v) is 3.50. The van der Waals surface area contributed by atoms with Crippen molar-refractivity contribution < 1.29 is 5.11 Å². The summed E-state index contributed by atoms with van der Waals surface area (Å²) in [5.41, 5.74) is 2.27. The highest BCUT2D eigenvalue weighted by atomic mass is 16.3. The summed E-state index contributed by atoms with van der Waals surface area (Å²) >= 11 is 0. The number of hydrogen-bond donors (Lipinski definition) is 2. The number of aliphatic imine (C=N–C) groups is 1. The van der Waals surface area contributed by atoms with Crippen LogP contribution < -0.4 is 5.32 Å². The first kappa shape index (κ1) is 13.0. The second-order valence-electron chi connectivity index (χ2n) is 6.05. The Morgan fingerprint density at radius 3 is 3.05 bits per heavy atom. The molecule has 0 radical (unpaired) electrons. The fourth-order valence-electron chi connectivity index (χ4n) is 3.50. The summed E-state index contributed by atoms with van der Waals surface area (Å²) in [6, 6.07) is 0.288. The number of allylic oxidation sites excluding steroid dienone is 2. The number of rotatable bonds is 1. The third kappa shape index (κ3) is 2.29. The molecule has 2 N–H and O–H groups in total. The van der Waals surface area contributed by atoms with E-state index in [0.717, 1.165) is 38.1 Å². The van der Waals surface area contributed by atoms with Crippen molar-refractivity contribution >= 4 is 5.71 Å². The van der Waals surface area contributed by atoms with Gasteiger partial charge in [-0.3, -0.25) is 15.2 Å². The molecule has 0 aromatic carbocycles. The molecule has 2 saturated heterocycles. The molecule has 0 saturated carbocycles. The molecule has 0 aromatic heterocycles. The van der Waals surface area contributed by atoms with Crippen molar-refractivity contribution in [2.75, 3.05) is 20.1 Å². The van der Waals surface area contributed by atoms with Gasteiger partial charge < -0.3 is 5.11 Å². The molecule has 0 aliphatic carbocycles. The van der Waals surface area contributed by atoms with Gasteiger partial charge in [-0.1, -0.05) is 12.2 Å². The van der Waals surface area contributed by atoms with Crippen LogP contribution in [0.4, 0.5) is 0 Å². The predicted octanol–water partition coefficient (Wildman–Crippen LogP) is 1.09. The third-order valence-corrected chi connectivity index (χ3v) is 4.66. The van der Waals surface area contributed by atoms with Gasteiger partial charge in [0.2, 0.25) is 0 Å². The Kier molecular flexibility index (Phi) is 3.33. The van der Waals surface area contributed by atoms with Crippen molar-refractivity contribution in [3.63, 3.8) is 0 Å².